The zero-order chi connectivity index (χ0) is 14.8. The van der Waals surface area contributed by atoms with E-state index in [1.807, 2.05) is 0 Å². The molecular formula is C10H19N5O3S. The van der Waals surface area contributed by atoms with Crippen LogP contribution in [0, 0.1) is 13.8 Å². The summed E-state index contributed by atoms with van der Waals surface area (Å²) in [4.78, 5) is 0.168. The Morgan fingerprint density at radius 2 is 2.16 bits per heavy atom. The molecule has 9 heteroatoms. The zero-order valence-electron chi connectivity index (χ0n) is 11.4. The lowest BCUT2D eigenvalue weighted by Gasteiger charge is -2.13. The van der Waals surface area contributed by atoms with Crippen molar-refractivity contribution in [1.29, 1.82) is 0 Å². The quantitative estimate of drug-likeness (QED) is 0.301. The van der Waals surface area contributed by atoms with Gasteiger partial charge >= 0.3 is 0 Å². The molecule has 0 aromatic carbocycles. The Morgan fingerprint density at radius 3 is 2.58 bits per heavy atom. The fourth-order valence-corrected chi connectivity index (χ4v) is 3.54. The van der Waals surface area contributed by atoms with E-state index in [-0.39, 0.29) is 17.2 Å². The fraction of sp³-hybridized carbons (Fsp3) is 0.600. The predicted octanol–water partition coefficient (Wildman–Crippen LogP) is -0.160. The number of nitrogens with one attached hydrogen (secondary N) is 1. The van der Waals surface area contributed by atoms with Crippen LogP contribution < -0.4 is 10.5 Å². The summed E-state index contributed by atoms with van der Waals surface area (Å²) >= 11 is 0. The Labute approximate surface area is 112 Å². The van der Waals surface area contributed by atoms with Gasteiger partial charge in [0.25, 0.3) is 0 Å². The maximum Gasteiger partial charge on any atom is 0.244 e. The topological polar surface area (TPSA) is 123 Å². The Kier molecular flexibility index (Phi) is 4.53. The van der Waals surface area contributed by atoms with E-state index in [1.54, 1.807) is 27.8 Å². The highest BCUT2D eigenvalue weighted by atomic mass is 32.2. The van der Waals surface area contributed by atoms with Crippen molar-refractivity contribution >= 4 is 15.9 Å². The van der Waals surface area contributed by atoms with E-state index in [0.717, 1.165) is 0 Å². The van der Waals surface area contributed by atoms with Crippen LogP contribution in [0.4, 0.5) is 0 Å². The summed E-state index contributed by atoms with van der Waals surface area (Å²) < 4.78 is 28.5. The average molecular weight is 289 g/mol. The third-order valence-corrected chi connectivity index (χ3v) is 4.55. The molecule has 1 heterocycles. The van der Waals surface area contributed by atoms with E-state index in [9.17, 15) is 8.42 Å². The summed E-state index contributed by atoms with van der Waals surface area (Å²) in [5, 5.41) is 15.3. The van der Waals surface area contributed by atoms with Gasteiger partial charge in [-0.2, -0.15) is 5.10 Å². The smallest absolute Gasteiger partial charge is 0.244 e. The number of oxime groups is 1. The van der Waals surface area contributed by atoms with Crippen LogP contribution in [0.15, 0.2) is 10.1 Å². The molecular weight excluding hydrogens is 270 g/mol. The lowest BCUT2D eigenvalue weighted by molar-refractivity contribution is 0.316. The molecule has 0 saturated heterocycles. The van der Waals surface area contributed by atoms with Crippen molar-refractivity contribution in [1.82, 2.24) is 14.5 Å². The van der Waals surface area contributed by atoms with E-state index >= 15 is 0 Å². The number of sulfonamides is 1. The SMILES string of the molecule is Cc1nn(C)c(C)c1S(=O)(=O)NC(C)CC(N)=NO. The van der Waals surface area contributed by atoms with Crippen LogP contribution in [0.2, 0.25) is 0 Å². The zero-order valence-corrected chi connectivity index (χ0v) is 12.2. The summed E-state index contributed by atoms with van der Waals surface area (Å²) in [5.41, 5.74) is 6.33. The Bertz CT molecular complexity index is 591. The van der Waals surface area contributed by atoms with Gasteiger partial charge in [0.15, 0.2) is 0 Å². The second-order valence-corrected chi connectivity index (χ2v) is 6.09. The molecule has 19 heavy (non-hydrogen) atoms. The third-order valence-electron chi connectivity index (χ3n) is 2.71. The molecule has 1 aromatic heterocycles. The number of nitrogens with two attached hydrogens (primary N) is 1. The Balaban J connectivity index is 2.99. The second kappa shape index (κ2) is 5.57. The standard InChI is InChI=1S/C10H19N5O3S/c1-6(5-9(11)13-16)14-19(17,18)10-7(2)12-15(4)8(10)3/h6,14,16H,5H2,1-4H3,(H2,11,13). The van der Waals surface area contributed by atoms with Crippen LogP contribution in [0.1, 0.15) is 24.7 Å². The van der Waals surface area contributed by atoms with Crippen molar-refractivity contribution in [3.63, 3.8) is 0 Å². The van der Waals surface area contributed by atoms with Gasteiger partial charge in [-0.15, -0.1) is 0 Å². The molecule has 0 saturated carbocycles. The average Bonchev–Trinajstić information content (AvgIpc) is 2.51. The minimum Gasteiger partial charge on any atom is -0.409 e. The van der Waals surface area contributed by atoms with E-state index < -0.39 is 16.1 Å². The maximum atomic E-state index is 12.3. The first-order valence-electron chi connectivity index (χ1n) is 5.68. The summed E-state index contributed by atoms with van der Waals surface area (Å²) in [5.74, 6) is -0.0326. The van der Waals surface area contributed by atoms with Crippen LogP contribution in [-0.4, -0.2) is 35.3 Å². The van der Waals surface area contributed by atoms with Crippen LogP contribution in [0.25, 0.3) is 0 Å². The molecule has 1 atom stereocenters. The highest BCUT2D eigenvalue weighted by Gasteiger charge is 2.25. The Morgan fingerprint density at radius 1 is 1.58 bits per heavy atom. The maximum absolute atomic E-state index is 12.3. The van der Waals surface area contributed by atoms with E-state index in [1.165, 1.54) is 4.68 Å². The lowest BCUT2D eigenvalue weighted by atomic mass is 10.2. The highest BCUT2D eigenvalue weighted by molar-refractivity contribution is 7.89. The molecule has 1 rings (SSSR count). The fourth-order valence-electron chi connectivity index (χ4n) is 1.86. The largest absolute Gasteiger partial charge is 0.409 e. The van der Waals surface area contributed by atoms with Crippen molar-refractivity contribution in [2.75, 3.05) is 0 Å². The first-order chi connectivity index (χ1) is 8.69. The van der Waals surface area contributed by atoms with Gasteiger partial charge in [-0.1, -0.05) is 5.16 Å². The summed E-state index contributed by atoms with van der Waals surface area (Å²) in [7, 11) is -2.00. The van der Waals surface area contributed by atoms with Crippen LogP contribution >= 0.6 is 0 Å². The predicted molar refractivity (Wildman–Crippen MR) is 70.5 cm³/mol. The third kappa shape index (κ3) is 3.44. The summed E-state index contributed by atoms with van der Waals surface area (Å²) in [6.45, 7) is 4.95. The number of nitrogens with zero attached hydrogens (tertiary/aromatic N) is 3. The van der Waals surface area contributed by atoms with E-state index in [4.69, 9.17) is 10.9 Å². The number of hydrogen-bond donors (Lipinski definition) is 3. The van der Waals surface area contributed by atoms with Gasteiger partial charge < -0.3 is 10.9 Å². The van der Waals surface area contributed by atoms with Crippen molar-refractivity contribution in [3.05, 3.63) is 11.4 Å². The first-order valence-corrected chi connectivity index (χ1v) is 7.16. The number of aryl methyl sites for hydroxylation is 2. The minimum atomic E-state index is -3.68. The Hall–Kier alpha value is -1.61. The van der Waals surface area contributed by atoms with Crippen molar-refractivity contribution in [3.8, 4) is 0 Å². The van der Waals surface area contributed by atoms with Crippen molar-refractivity contribution in [2.24, 2.45) is 17.9 Å². The second-order valence-electron chi connectivity index (χ2n) is 4.44. The molecule has 0 bridgehead atoms. The molecule has 4 N–H and O–H groups in total. The molecule has 0 radical (unpaired) electrons. The van der Waals surface area contributed by atoms with Gasteiger partial charge in [0.2, 0.25) is 10.0 Å². The van der Waals surface area contributed by atoms with Gasteiger partial charge in [-0.05, 0) is 20.8 Å². The molecule has 1 unspecified atom stereocenters. The molecule has 0 fully saturated rings. The summed E-state index contributed by atoms with van der Waals surface area (Å²) in [6, 6.07) is -0.486. The lowest BCUT2D eigenvalue weighted by Crippen LogP contribution is -2.36. The minimum absolute atomic E-state index is 0.0326. The van der Waals surface area contributed by atoms with Crippen molar-refractivity contribution in [2.45, 2.75) is 38.1 Å². The molecule has 1 aromatic rings. The summed E-state index contributed by atoms with van der Waals surface area (Å²) in [6.07, 6.45) is 0.119. The number of rotatable bonds is 5. The van der Waals surface area contributed by atoms with E-state index in [0.29, 0.717) is 11.4 Å². The molecule has 0 amide bonds. The van der Waals surface area contributed by atoms with Crippen molar-refractivity contribution < 1.29 is 13.6 Å². The van der Waals surface area contributed by atoms with E-state index in [2.05, 4.69) is 15.0 Å². The van der Waals surface area contributed by atoms with Gasteiger partial charge in [0.1, 0.15) is 10.7 Å². The molecule has 0 aliphatic heterocycles. The molecule has 108 valence electrons. The van der Waals surface area contributed by atoms with Gasteiger partial charge in [-0.3, -0.25) is 4.68 Å². The van der Waals surface area contributed by atoms with Crippen LogP contribution in [-0.2, 0) is 17.1 Å². The molecule has 0 aliphatic carbocycles. The molecule has 0 aliphatic rings. The first kappa shape index (κ1) is 15.4. The monoisotopic (exact) mass is 289 g/mol. The van der Waals surface area contributed by atoms with Gasteiger partial charge in [0, 0.05) is 19.5 Å². The van der Waals surface area contributed by atoms with Crippen LogP contribution in [0.3, 0.4) is 0 Å². The number of hydrogen-bond acceptors (Lipinski definition) is 5. The van der Waals surface area contributed by atoms with Gasteiger partial charge in [-0.25, -0.2) is 13.1 Å². The molecule has 0 spiro atoms. The molecule has 8 nitrogen and oxygen atoms in total. The highest BCUT2D eigenvalue weighted by Crippen LogP contribution is 2.18. The number of amidine groups is 1. The normalized spacial score (nSPS) is 14.6. The van der Waals surface area contributed by atoms with Crippen LogP contribution in [0.5, 0.6) is 0 Å². The van der Waals surface area contributed by atoms with Gasteiger partial charge in [0.05, 0.1) is 11.4 Å². The number of aromatic nitrogens is 2.